The number of nitrogens with zero attached hydrogens (tertiary/aromatic N) is 2. The zero-order valence-electron chi connectivity index (χ0n) is 11.3. The summed E-state index contributed by atoms with van der Waals surface area (Å²) in [4.78, 5) is 24.8. The van der Waals surface area contributed by atoms with Crippen LogP contribution in [0, 0.1) is 0 Å². The SMILES string of the molecule is O=C([O-])COCCN1CCN(CCC(=O)O)CC1.[K+]. The molecule has 0 aromatic rings. The van der Waals surface area contributed by atoms with Crippen molar-refractivity contribution in [2.45, 2.75) is 6.42 Å². The Morgan fingerprint density at radius 1 is 1.11 bits per heavy atom. The first-order valence-corrected chi connectivity index (χ1v) is 6.02. The number of carbonyl (C=O) groups excluding carboxylic acids is 1. The van der Waals surface area contributed by atoms with Crippen LogP contribution >= 0.6 is 0 Å². The van der Waals surface area contributed by atoms with E-state index in [1.54, 1.807) is 0 Å². The molecule has 0 amide bonds. The minimum Gasteiger partial charge on any atom is -0.548 e. The van der Waals surface area contributed by atoms with Gasteiger partial charge in [-0.05, 0) is 0 Å². The van der Waals surface area contributed by atoms with Crippen molar-refractivity contribution in [3.63, 3.8) is 0 Å². The Labute approximate surface area is 155 Å². The second-order valence-electron chi connectivity index (χ2n) is 4.25. The fraction of sp³-hybridized carbons (Fsp3) is 0.818. The zero-order chi connectivity index (χ0) is 13.4. The van der Waals surface area contributed by atoms with Gasteiger partial charge in [0.15, 0.2) is 0 Å². The molecule has 0 aromatic carbocycles. The van der Waals surface area contributed by atoms with Crippen LogP contribution in [-0.2, 0) is 14.3 Å². The van der Waals surface area contributed by atoms with Crippen LogP contribution in [0.25, 0.3) is 0 Å². The second kappa shape index (κ2) is 11.2. The predicted molar refractivity (Wildman–Crippen MR) is 61.0 cm³/mol. The van der Waals surface area contributed by atoms with Crippen LogP contribution in [0.3, 0.4) is 0 Å². The van der Waals surface area contributed by atoms with Gasteiger partial charge in [0.25, 0.3) is 0 Å². The Morgan fingerprint density at radius 2 is 1.63 bits per heavy atom. The Morgan fingerprint density at radius 3 is 2.11 bits per heavy atom. The zero-order valence-corrected chi connectivity index (χ0v) is 14.5. The molecule has 0 saturated carbocycles. The van der Waals surface area contributed by atoms with Gasteiger partial charge in [-0.2, -0.15) is 0 Å². The molecule has 0 spiro atoms. The minimum absolute atomic E-state index is 0. The summed E-state index contributed by atoms with van der Waals surface area (Å²) in [6.45, 7) is 4.69. The summed E-state index contributed by atoms with van der Waals surface area (Å²) < 4.78 is 4.91. The van der Waals surface area contributed by atoms with Gasteiger partial charge in [0.1, 0.15) is 0 Å². The van der Waals surface area contributed by atoms with Crippen LogP contribution < -0.4 is 56.5 Å². The molecule has 7 nitrogen and oxygen atoms in total. The Balaban J connectivity index is 0.00000324. The quantitative estimate of drug-likeness (QED) is 0.354. The van der Waals surface area contributed by atoms with Gasteiger partial charge in [-0.25, -0.2) is 0 Å². The summed E-state index contributed by atoms with van der Waals surface area (Å²) in [5.41, 5.74) is 0. The van der Waals surface area contributed by atoms with E-state index in [4.69, 9.17) is 9.84 Å². The summed E-state index contributed by atoms with van der Waals surface area (Å²) in [5, 5.41) is 18.7. The first kappa shape index (κ1) is 19.5. The second-order valence-corrected chi connectivity index (χ2v) is 4.25. The van der Waals surface area contributed by atoms with Gasteiger partial charge in [0.2, 0.25) is 0 Å². The van der Waals surface area contributed by atoms with Crippen molar-refractivity contribution < 1.29 is 75.9 Å². The molecule has 1 aliphatic rings. The van der Waals surface area contributed by atoms with Gasteiger partial charge >= 0.3 is 57.4 Å². The summed E-state index contributed by atoms with van der Waals surface area (Å²) in [6, 6.07) is 0. The maximum Gasteiger partial charge on any atom is 1.00 e. The molecule has 8 heteroatoms. The number of rotatable bonds is 8. The van der Waals surface area contributed by atoms with E-state index in [2.05, 4.69) is 9.80 Å². The molecule has 104 valence electrons. The first-order valence-electron chi connectivity index (χ1n) is 6.02. The number of piperazine rings is 1. The number of ether oxygens (including phenoxy) is 1. The van der Waals surface area contributed by atoms with Gasteiger partial charge in [-0.1, -0.05) is 0 Å². The summed E-state index contributed by atoms with van der Waals surface area (Å²) in [6.07, 6.45) is 0.175. The standard InChI is InChI=1S/C11H20N2O5.K/c14-10(15)1-2-12-3-5-13(6-4-12)7-8-18-9-11(16)17;/h1-9H2,(H,14,15)(H,16,17);/q;+1/p-1. The number of carboxylic acids is 2. The molecule has 0 unspecified atom stereocenters. The number of carboxylic acid groups (broad SMARTS) is 2. The smallest absolute Gasteiger partial charge is 0.548 e. The van der Waals surface area contributed by atoms with Crippen molar-refractivity contribution >= 4 is 11.9 Å². The molecule has 1 N–H and O–H groups in total. The third-order valence-corrected chi connectivity index (χ3v) is 2.88. The average molecular weight is 298 g/mol. The van der Waals surface area contributed by atoms with Crippen molar-refractivity contribution in [1.29, 1.82) is 0 Å². The van der Waals surface area contributed by atoms with Crippen LogP contribution in [0.2, 0.25) is 0 Å². The van der Waals surface area contributed by atoms with Crippen molar-refractivity contribution in [1.82, 2.24) is 9.80 Å². The molecule has 1 fully saturated rings. The summed E-state index contributed by atoms with van der Waals surface area (Å²) >= 11 is 0. The maximum absolute atomic E-state index is 10.4. The fourth-order valence-corrected chi connectivity index (χ4v) is 1.84. The molecule has 1 saturated heterocycles. The van der Waals surface area contributed by atoms with Crippen LogP contribution in [0.5, 0.6) is 0 Å². The molecule has 1 heterocycles. The average Bonchev–Trinajstić information content (AvgIpc) is 2.33. The molecule has 1 rings (SSSR count). The third-order valence-electron chi connectivity index (χ3n) is 2.88. The molecule has 0 bridgehead atoms. The number of hydrogen-bond donors (Lipinski definition) is 1. The first-order chi connectivity index (χ1) is 8.58. The fourth-order valence-electron chi connectivity index (χ4n) is 1.84. The van der Waals surface area contributed by atoms with Gasteiger partial charge in [0, 0.05) is 39.3 Å². The molecule has 0 aromatic heterocycles. The van der Waals surface area contributed by atoms with E-state index in [0.717, 1.165) is 26.2 Å². The number of hydrogen-bond acceptors (Lipinski definition) is 6. The van der Waals surface area contributed by atoms with Crippen molar-refractivity contribution in [3.8, 4) is 0 Å². The third kappa shape index (κ3) is 9.91. The van der Waals surface area contributed by atoms with Crippen LogP contribution in [0.1, 0.15) is 6.42 Å². The van der Waals surface area contributed by atoms with Gasteiger partial charge in [0.05, 0.1) is 25.6 Å². The molecular formula is C11H19KN2O5. The predicted octanol–water partition coefficient (Wildman–Crippen LogP) is -5.15. The Hall–Kier alpha value is 0.456. The number of carbonyl (C=O) groups is 2. The Bertz CT molecular complexity index is 282. The summed E-state index contributed by atoms with van der Waals surface area (Å²) in [7, 11) is 0. The van der Waals surface area contributed by atoms with Crippen molar-refractivity contribution in [2.24, 2.45) is 0 Å². The molecule has 0 aliphatic carbocycles. The molecule has 0 atom stereocenters. The monoisotopic (exact) mass is 298 g/mol. The van der Waals surface area contributed by atoms with E-state index in [0.29, 0.717) is 19.7 Å². The van der Waals surface area contributed by atoms with E-state index in [-0.39, 0.29) is 64.4 Å². The van der Waals surface area contributed by atoms with Crippen LogP contribution in [-0.4, -0.2) is 79.3 Å². The Kier molecular flexibility index (Phi) is 11.4. The largest absolute Gasteiger partial charge is 1.00 e. The molecule has 0 radical (unpaired) electrons. The van der Waals surface area contributed by atoms with Gasteiger partial charge in [-0.3, -0.25) is 9.69 Å². The number of aliphatic carboxylic acids is 2. The minimum atomic E-state index is -1.20. The topological polar surface area (TPSA) is 93.1 Å². The van der Waals surface area contributed by atoms with Crippen molar-refractivity contribution in [3.05, 3.63) is 0 Å². The van der Waals surface area contributed by atoms with Crippen molar-refractivity contribution in [2.75, 3.05) is 52.5 Å². The normalized spacial score (nSPS) is 16.8. The van der Waals surface area contributed by atoms with Crippen LogP contribution in [0.15, 0.2) is 0 Å². The van der Waals surface area contributed by atoms with Crippen LogP contribution in [0.4, 0.5) is 0 Å². The summed E-state index contributed by atoms with van der Waals surface area (Å²) in [5.74, 6) is -1.97. The molecule has 19 heavy (non-hydrogen) atoms. The maximum atomic E-state index is 10.4. The van der Waals surface area contributed by atoms with E-state index in [1.165, 1.54) is 0 Å². The van der Waals surface area contributed by atoms with Gasteiger partial charge in [-0.15, -0.1) is 0 Å². The van der Waals surface area contributed by atoms with E-state index in [9.17, 15) is 14.7 Å². The molecular weight excluding hydrogens is 279 g/mol. The van der Waals surface area contributed by atoms with Gasteiger partial charge < -0.3 is 24.6 Å². The van der Waals surface area contributed by atoms with E-state index >= 15 is 0 Å². The molecule has 1 aliphatic heterocycles. The van der Waals surface area contributed by atoms with E-state index in [1.807, 2.05) is 0 Å². The van der Waals surface area contributed by atoms with E-state index < -0.39 is 11.9 Å².